The van der Waals surface area contributed by atoms with Crippen LogP contribution in [-0.4, -0.2) is 31.2 Å². The molecular weight excluding hydrogens is 192 g/mol. The second-order valence-electron chi connectivity index (χ2n) is 3.61. The summed E-state index contributed by atoms with van der Waals surface area (Å²) in [7, 11) is -3.55. The maximum Gasteiger partial charge on any atom is 0.304 e. The van der Waals surface area contributed by atoms with Crippen LogP contribution >= 0.6 is 0 Å². The molecule has 13 heavy (non-hydrogen) atoms. The molecule has 6 heteroatoms. The van der Waals surface area contributed by atoms with Gasteiger partial charge in [0.15, 0.2) is 0 Å². The van der Waals surface area contributed by atoms with E-state index in [0.717, 1.165) is 4.31 Å². The van der Waals surface area contributed by atoms with Crippen LogP contribution in [0.1, 0.15) is 20.8 Å². The van der Waals surface area contributed by atoms with Crippen molar-refractivity contribution in [3.63, 3.8) is 0 Å². The number of hydrogen-bond acceptors (Lipinski definition) is 3. The minimum atomic E-state index is -3.55. The Morgan fingerprint density at radius 2 is 2.08 bits per heavy atom. The summed E-state index contributed by atoms with van der Waals surface area (Å²) in [6.07, 6.45) is 0. The van der Waals surface area contributed by atoms with Crippen LogP contribution in [0, 0.1) is 5.92 Å². The van der Waals surface area contributed by atoms with E-state index in [1.165, 1.54) is 0 Å². The quantitative estimate of drug-likeness (QED) is 0.675. The first-order valence-corrected chi connectivity index (χ1v) is 5.62. The van der Waals surface area contributed by atoms with E-state index in [1.807, 2.05) is 13.8 Å². The number of hydrogen-bond donors (Lipinski definition) is 1. The van der Waals surface area contributed by atoms with Gasteiger partial charge in [-0.05, 0) is 12.8 Å². The summed E-state index contributed by atoms with van der Waals surface area (Å²) in [6, 6.07) is -0.622. The predicted octanol–water partition coefficient (Wildman–Crippen LogP) is -0.293. The van der Waals surface area contributed by atoms with Crippen molar-refractivity contribution in [2.24, 2.45) is 5.92 Å². The van der Waals surface area contributed by atoms with Gasteiger partial charge in [0.05, 0.1) is 0 Å². The van der Waals surface area contributed by atoms with Gasteiger partial charge < -0.3 is 0 Å². The Morgan fingerprint density at radius 3 is 2.38 bits per heavy atom. The zero-order chi connectivity index (χ0) is 10.2. The average Bonchev–Trinajstić information content (AvgIpc) is 2.12. The topological polar surface area (TPSA) is 66.5 Å². The van der Waals surface area contributed by atoms with Crippen LogP contribution in [0.5, 0.6) is 0 Å². The van der Waals surface area contributed by atoms with Crippen molar-refractivity contribution in [2.45, 2.75) is 26.8 Å². The molecule has 5 nitrogen and oxygen atoms in total. The molecule has 0 radical (unpaired) electrons. The van der Waals surface area contributed by atoms with Crippen molar-refractivity contribution in [2.75, 3.05) is 6.54 Å². The van der Waals surface area contributed by atoms with Gasteiger partial charge in [-0.3, -0.25) is 4.79 Å². The predicted molar refractivity (Wildman–Crippen MR) is 48.1 cm³/mol. The fourth-order valence-electron chi connectivity index (χ4n) is 1.19. The largest absolute Gasteiger partial charge is 0.304 e. The second kappa shape index (κ2) is 3.26. The van der Waals surface area contributed by atoms with Gasteiger partial charge >= 0.3 is 10.2 Å². The van der Waals surface area contributed by atoms with Gasteiger partial charge in [-0.1, -0.05) is 13.8 Å². The molecule has 1 fully saturated rings. The number of carbonyl (C=O) groups excluding carboxylic acids is 1. The SMILES string of the molecule is CC(C)CN1C(=O)[C@@H](C)NS1(=O)=O. The molecule has 1 amide bonds. The number of nitrogens with one attached hydrogen (secondary N) is 1. The lowest BCUT2D eigenvalue weighted by Crippen LogP contribution is -2.35. The molecule has 1 rings (SSSR count). The first-order valence-electron chi connectivity index (χ1n) is 4.18. The molecule has 0 aromatic carbocycles. The van der Waals surface area contributed by atoms with Crippen LogP contribution in [0.4, 0.5) is 0 Å². The Balaban J connectivity index is 2.88. The number of rotatable bonds is 2. The monoisotopic (exact) mass is 206 g/mol. The molecule has 0 spiro atoms. The summed E-state index contributed by atoms with van der Waals surface area (Å²) >= 11 is 0. The molecule has 0 aliphatic carbocycles. The Labute approximate surface area is 78.3 Å². The summed E-state index contributed by atoms with van der Waals surface area (Å²) < 4.78 is 25.8. The molecular formula is C7H14N2O3S. The smallest absolute Gasteiger partial charge is 0.272 e. The molecule has 0 aromatic rings. The van der Waals surface area contributed by atoms with Crippen molar-refractivity contribution < 1.29 is 13.2 Å². The van der Waals surface area contributed by atoms with Crippen molar-refractivity contribution in [1.82, 2.24) is 9.03 Å². The lowest BCUT2D eigenvalue weighted by molar-refractivity contribution is -0.126. The van der Waals surface area contributed by atoms with Crippen molar-refractivity contribution >= 4 is 16.1 Å². The molecule has 1 aliphatic heterocycles. The highest BCUT2D eigenvalue weighted by molar-refractivity contribution is 7.88. The summed E-state index contributed by atoms with van der Waals surface area (Å²) in [5, 5.41) is 0. The lowest BCUT2D eigenvalue weighted by Gasteiger charge is -2.15. The van der Waals surface area contributed by atoms with E-state index < -0.39 is 16.3 Å². The molecule has 0 saturated carbocycles. The van der Waals surface area contributed by atoms with Crippen LogP contribution < -0.4 is 4.72 Å². The average molecular weight is 206 g/mol. The molecule has 1 aliphatic rings. The van der Waals surface area contributed by atoms with E-state index in [0.29, 0.717) is 0 Å². The third kappa shape index (κ3) is 2.00. The van der Waals surface area contributed by atoms with E-state index in [2.05, 4.69) is 4.72 Å². The third-order valence-electron chi connectivity index (χ3n) is 1.76. The first-order chi connectivity index (χ1) is 5.84. The standard InChI is InChI=1S/C7H14N2O3S/c1-5(2)4-9-7(10)6(3)8-13(9,11)12/h5-6,8H,4H2,1-3H3/t6-/m1/s1. The number of amides is 1. The highest BCUT2D eigenvalue weighted by Crippen LogP contribution is 2.13. The summed E-state index contributed by atoms with van der Waals surface area (Å²) in [6.45, 7) is 5.52. The Morgan fingerprint density at radius 1 is 1.54 bits per heavy atom. The van der Waals surface area contributed by atoms with E-state index >= 15 is 0 Å². The van der Waals surface area contributed by atoms with E-state index in [-0.39, 0.29) is 18.4 Å². The second-order valence-corrected chi connectivity index (χ2v) is 5.23. The Hall–Kier alpha value is -0.620. The van der Waals surface area contributed by atoms with Gasteiger partial charge in [0, 0.05) is 6.54 Å². The minimum Gasteiger partial charge on any atom is -0.272 e. The maximum absolute atomic E-state index is 11.3. The lowest BCUT2D eigenvalue weighted by atomic mass is 10.2. The summed E-state index contributed by atoms with van der Waals surface area (Å²) in [5.74, 6) is -0.223. The van der Waals surface area contributed by atoms with Crippen LogP contribution in [-0.2, 0) is 15.0 Å². The van der Waals surface area contributed by atoms with Crippen LogP contribution in [0.2, 0.25) is 0 Å². The third-order valence-corrected chi connectivity index (χ3v) is 3.32. The molecule has 0 unspecified atom stereocenters. The van der Waals surface area contributed by atoms with Gasteiger partial charge in [0.2, 0.25) is 0 Å². The van der Waals surface area contributed by atoms with Gasteiger partial charge in [-0.2, -0.15) is 13.1 Å². The minimum absolute atomic E-state index is 0.144. The first kappa shape index (κ1) is 10.5. The molecule has 76 valence electrons. The summed E-state index contributed by atoms with van der Waals surface area (Å²) in [5.41, 5.74) is 0. The van der Waals surface area contributed by atoms with E-state index in [1.54, 1.807) is 6.92 Å². The fourth-order valence-corrected chi connectivity index (χ4v) is 2.76. The zero-order valence-corrected chi connectivity index (χ0v) is 8.76. The Kier molecular flexibility index (Phi) is 2.63. The maximum atomic E-state index is 11.3. The van der Waals surface area contributed by atoms with Gasteiger partial charge in [0.1, 0.15) is 6.04 Å². The molecule has 1 saturated heterocycles. The van der Waals surface area contributed by atoms with Crippen LogP contribution in [0.25, 0.3) is 0 Å². The number of carbonyl (C=O) groups is 1. The van der Waals surface area contributed by atoms with Gasteiger partial charge in [-0.25, -0.2) is 4.31 Å². The highest BCUT2D eigenvalue weighted by atomic mass is 32.2. The van der Waals surface area contributed by atoms with Gasteiger partial charge in [0.25, 0.3) is 5.91 Å². The zero-order valence-electron chi connectivity index (χ0n) is 7.94. The fraction of sp³-hybridized carbons (Fsp3) is 0.857. The summed E-state index contributed by atoms with van der Waals surface area (Å²) in [4.78, 5) is 11.3. The molecule has 1 heterocycles. The molecule has 1 N–H and O–H groups in total. The molecule has 0 aromatic heterocycles. The van der Waals surface area contributed by atoms with Crippen LogP contribution in [0.3, 0.4) is 0 Å². The molecule has 1 atom stereocenters. The highest BCUT2D eigenvalue weighted by Gasteiger charge is 2.40. The molecule has 0 bridgehead atoms. The Bertz CT molecular complexity index is 310. The van der Waals surface area contributed by atoms with Gasteiger partial charge in [-0.15, -0.1) is 0 Å². The van der Waals surface area contributed by atoms with E-state index in [9.17, 15) is 13.2 Å². The number of nitrogens with zero attached hydrogens (tertiary/aromatic N) is 1. The van der Waals surface area contributed by atoms with Crippen molar-refractivity contribution in [1.29, 1.82) is 0 Å². The van der Waals surface area contributed by atoms with Crippen molar-refractivity contribution in [3.8, 4) is 0 Å². The van der Waals surface area contributed by atoms with Crippen LogP contribution in [0.15, 0.2) is 0 Å². The normalized spacial score (nSPS) is 27.2. The van der Waals surface area contributed by atoms with E-state index in [4.69, 9.17) is 0 Å². The van der Waals surface area contributed by atoms with Crippen molar-refractivity contribution in [3.05, 3.63) is 0 Å².